The predicted octanol–water partition coefficient (Wildman–Crippen LogP) is 6.81. The van der Waals surface area contributed by atoms with Gasteiger partial charge in [-0.2, -0.15) is 0 Å². The van der Waals surface area contributed by atoms with E-state index in [9.17, 15) is 20.4 Å². The average Bonchev–Trinajstić information content (AvgIpc) is 2.86. The van der Waals surface area contributed by atoms with Crippen LogP contribution in [-0.2, 0) is 0 Å². The van der Waals surface area contributed by atoms with E-state index in [1.807, 2.05) is 30.3 Å². The second-order valence-corrected chi connectivity index (χ2v) is 8.74. The molecule has 6 aromatic carbocycles. The summed E-state index contributed by atoms with van der Waals surface area (Å²) in [5.41, 5.74) is 1.09. The highest BCUT2D eigenvalue weighted by Gasteiger charge is 2.21. The second-order valence-electron chi connectivity index (χ2n) is 8.74. The molecule has 0 unspecified atom stereocenters. The van der Waals surface area contributed by atoms with Crippen LogP contribution in [0, 0.1) is 0 Å². The molecule has 6 heteroatoms. The summed E-state index contributed by atoms with van der Waals surface area (Å²) in [6.45, 7) is 0. The fraction of sp³-hybridized carbons (Fsp3) is 0.0667. The normalized spacial score (nSPS) is 11.5. The van der Waals surface area contributed by atoms with Crippen LogP contribution in [0.2, 0.25) is 0 Å². The molecule has 0 spiro atoms. The van der Waals surface area contributed by atoms with E-state index >= 15 is 0 Å². The SMILES string of the molecule is COc1cc(O)cc2ccc3c(-c4c(O)cc(OC)c5c4ccc4cccc(O)c45)cc(O)cc3c12. The summed E-state index contributed by atoms with van der Waals surface area (Å²) >= 11 is 0. The topological polar surface area (TPSA) is 99.4 Å². The highest BCUT2D eigenvalue weighted by Crippen LogP contribution is 2.49. The fourth-order valence-electron chi connectivity index (χ4n) is 5.28. The second kappa shape index (κ2) is 7.85. The van der Waals surface area contributed by atoms with Gasteiger partial charge in [-0.25, -0.2) is 0 Å². The van der Waals surface area contributed by atoms with Gasteiger partial charge in [-0.15, -0.1) is 0 Å². The maximum Gasteiger partial charge on any atom is 0.131 e. The van der Waals surface area contributed by atoms with Crippen molar-refractivity contribution in [3.63, 3.8) is 0 Å². The Hall–Kier alpha value is -4.84. The van der Waals surface area contributed by atoms with Gasteiger partial charge in [0, 0.05) is 33.9 Å². The number of benzene rings is 6. The van der Waals surface area contributed by atoms with Crippen molar-refractivity contribution in [1.82, 2.24) is 0 Å². The van der Waals surface area contributed by atoms with Crippen LogP contribution in [0.4, 0.5) is 0 Å². The van der Waals surface area contributed by atoms with E-state index in [1.54, 1.807) is 30.3 Å². The predicted molar refractivity (Wildman–Crippen MR) is 142 cm³/mol. The lowest BCUT2D eigenvalue weighted by atomic mass is 9.89. The molecule has 6 nitrogen and oxygen atoms in total. The molecule has 0 heterocycles. The minimum atomic E-state index is -0.0289. The van der Waals surface area contributed by atoms with Crippen LogP contribution in [0.1, 0.15) is 0 Å². The van der Waals surface area contributed by atoms with Crippen molar-refractivity contribution in [2.45, 2.75) is 0 Å². The molecular weight excluding hydrogens is 456 g/mol. The van der Waals surface area contributed by atoms with E-state index < -0.39 is 0 Å². The average molecular weight is 479 g/mol. The number of phenolic OH excluding ortho intramolecular Hbond substituents is 4. The summed E-state index contributed by atoms with van der Waals surface area (Å²) in [6.07, 6.45) is 0. The van der Waals surface area contributed by atoms with Gasteiger partial charge in [-0.3, -0.25) is 0 Å². The first kappa shape index (κ1) is 21.7. The van der Waals surface area contributed by atoms with E-state index in [2.05, 4.69) is 0 Å². The lowest BCUT2D eigenvalue weighted by molar-refractivity contribution is 0.413. The monoisotopic (exact) mass is 478 g/mol. The van der Waals surface area contributed by atoms with Crippen LogP contribution in [0.25, 0.3) is 54.2 Å². The van der Waals surface area contributed by atoms with Crippen LogP contribution < -0.4 is 9.47 Å². The Balaban J connectivity index is 1.81. The zero-order valence-corrected chi connectivity index (χ0v) is 19.5. The van der Waals surface area contributed by atoms with Crippen molar-refractivity contribution in [1.29, 1.82) is 0 Å². The Morgan fingerprint density at radius 3 is 2.00 bits per heavy atom. The van der Waals surface area contributed by atoms with Crippen LogP contribution in [0.3, 0.4) is 0 Å². The molecule has 0 aromatic heterocycles. The third-order valence-electron chi connectivity index (χ3n) is 6.75. The lowest BCUT2D eigenvalue weighted by Crippen LogP contribution is -1.92. The third-order valence-corrected chi connectivity index (χ3v) is 6.75. The molecule has 0 radical (unpaired) electrons. The molecule has 0 saturated heterocycles. The minimum absolute atomic E-state index is 0.00660. The van der Waals surface area contributed by atoms with Crippen molar-refractivity contribution in [2.75, 3.05) is 14.2 Å². The molecule has 0 bridgehead atoms. The summed E-state index contributed by atoms with van der Waals surface area (Å²) in [4.78, 5) is 0. The number of hydrogen-bond acceptors (Lipinski definition) is 6. The van der Waals surface area contributed by atoms with Gasteiger partial charge >= 0.3 is 0 Å². The summed E-state index contributed by atoms with van der Waals surface area (Å²) in [5.74, 6) is 1.04. The van der Waals surface area contributed by atoms with Crippen molar-refractivity contribution in [3.05, 3.63) is 72.8 Å². The van der Waals surface area contributed by atoms with Gasteiger partial charge < -0.3 is 29.9 Å². The molecule has 36 heavy (non-hydrogen) atoms. The number of phenols is 4. The van der Waals surface area contributed by atoms with Gasteiger partial charge in [0.05, 0.1) is 14.2 Å². The van der Waals surface area contributed by atoms with Crippen molar-refractivity contribution >= 4 is 43.1 Å². The maximum atomic E-state index is 11.2. The molecule has 0 atom stereocenters. The molecule has 6 aromatic rings. The number of fused-ring (bicyclic) bond motifs is 6. The van der Waals surface area contributed by atoms with Crippen LogP contribution in [-0.4, -0.2) is 34.6 Å². The fourth-order valence-corrected chi connectivity index (χ4v) is 5.28. The molecule has 6 rings (SSSR count). The molecule has 0 aliphatic carbocycles. The van der Waals surface area contributed by atoms with Crippen LogP contribution in [0.5, 0.6) is 34.5 Å². The van der Waals surface area contributed by atoms with Crippen molar-refractivity contribution < 1.29 is 29.9 Å². The first-order valence-corrected chi connectivity index (χ1v) is 11.3. The summed E-state index contributed by atoms with van der Waals surface area (Å²) in [5, 5.41) is 48.6. The van der Waals surface area contributed by atoms with E-state index in [1.165, 1.54) is 26.4 Å². The number of methoxy groups -OCH3 is 2. The molecule has 0 fully saturated rings. The van der Waals surface area contributed by atoms with E-state index in [0.29, 0.717) is 44.2 Å². The number of aromatic hydroxyl groups is 4. The maximum absolute atomic E-state index is 11.2. The van der Waals surface area contributed by atoms with Gasteiger partial charge in [0.15, 0.2) is 0 Å². The molecule has 0 amide bonds. The molecule has 0 aliphatic rings. The van der Waals surface area contributed by atoms with E-state index in [0.717, 1.165) is 21.5 Å². The molecule has 0 aliphatic heterocycles. The third kappa shape index (κ3) is 3.04. The molecule has 178 valence electrons. The minimum Gasteiger partial charge on any atom is -0.508 e. The first-order valence-electron chi connectivity index (χ1n) is 11.3. The summed E-state index contributed by atoms with van der Waals surface area (Å²) in [7, 11) is 3.04. The summed E-state index contributed by atoms with van der Waals surface area (Å²) in [6, 6.07) is 20.7. The largest absolute Gasteiger partial charge is 0.508 e. The Bertz CT molecular complexity index is 1860. The van der Waals surface area contributed by atoms with Crippen LogP contribution >= 0.6 is 0 Å². The first-order chi connectivity index (χ1) is 17.4. The molecule has 4 N–H and O–H groups in total. The van der Waals surface area contributed by atoms with Gasteiger partial charge in [-0.1, -0.05) is 36.4 Å². The quantitative estimate of drug-likeness (QED) is 0.209. The molecular formula is C30H22O6. The lowest BCUT2D eigenvalue weighted by Gasteiger charge is -2.18. The Labute approximate surface area is 205 Å². The van der Waals surface area contributed by atoms with Gasteiger partial charge in [0.25, 0.3) is 0 Å². The number of hydrogen-bond donors (Lipinski definition) is 4. The van der Waals surface area contributed by atoms with E-state index in [-0.39, 0.29) is 23.0 Å². The highest BCUT2D eigenvalue weighted by atomic mass is 16.5. The summed E-state index contributed by atoms with van der Waals surface area (Å²) < 4.78 is 11.2. The highest BCUT2D eigenvalue weighted by molar-refractivity contribution is 6.22. The number of ether oxygens (including phenoxy) is 2. The van der Waals surface area contributed by atoms with Gasteiger partial charge in [-0.05, 0) is 56.8 Å². The van der Waals surface area contributed by atoms with Gasteiger partial charge in [0.2, 0.25) is 0 Å². The van der Waals surface area contributed by atoms with Crippen LogP contribution in [0.15, 0.2) is 72.8 Å². The van der Waals surface area contributed by atoms with Crippen molar-refractivity contribution in [3.8, 4) is 45.6 Å². The number of rotatable bonds is 3. The Morgan fingerprint density at radius 1 is 0.528 bits per heavy atom. The zero-order chi connectivity index (χ0) is 25.1. The smallest absolute Gasteiger partial charge is 0.131 e. The zero-order valence-electron chi connectivity index (χ0n) is 19.5. The Morgan fingerprint density at radius 2 is 1.22 bits per heavy atom. The standard InChI is InChI=1S/C30H22O6/c1-35-25-13-17(31)10-16-7-8-19-21(27(16)25)11-18(32)12-22(19)29-20-9-6-15-4-3-5-23(33)28(15)30(20)26(36-2)14-24(29)34/h3-14,31-34H,1-2H3. The van der Waals surface area contributed by atoms with Gasteiger partial charge in [0.1, 0.15) is 34.5 Å². The molecule has 0 saturated carbocycles. The van der Waals surface area contributed by atoms with E-state index in [4.69, 9.17) is 9.47 Å². The Kier molecular flexibility index (Phi) is 4.73. The van der Waals surface area contributed by atoms with Crippen molar-refractivity contribution in [2.24, 2.45) is 0 Å².